The van der Waals surface area contributed by atoms with E-state index in [1.54, 1.807) is 19.2 Å². The highest BCUT2D eigenvalue weighted by Crippen LogP contribution is 2.20. The smallest absolute Gasteiger partial charge is 0.339 e. The molecule has 0 saturated carbocycles. The van der Waals surface area contributed by atoms with Crippen LogP contribution in [-0.4, -0.2) is 48.6 Å². The van der Waals surface area contributed by atoms with Crippen LogP contribution in [0.15, 0.2) is 47.1 Å². The van der Waals surface area contributed by atoms with Crippen LogP contribution in [0.5, 0.6) is 0 Å². The van der Waals surface area contributed by atoms with E-state index in [2.05, 4.69) is 48.9 Å². The summed E-state index contributed by atoms with van der Waals surface area (Å²) in [5.41, 5.74) is 1.81. The number of halogens is 1. The maximum Gasteiger partial charge on any atom is 0.339 e. The molecule has 5 nitrogen and oxygen atoms in total. The number of anilines is 1. The van der Waals surface area contributed by atoms with Crippen LogP contribution in [0.4, 0.5) is 5.82 Å². The molecule has 0 N–H and O–H groups in total. The van der Waals surface area contributed by atoms with Gasteiger partial charge in [-0.3, -0.25) is 4.90 Å². The quantitative estimate of drug-likeness (QED) is 0.716. The Morgan fingerprint density at radius 3 is 2.56 bits per heavy atom. The van der Waals surface area contributed by atoms with E-state index in [9.17, 15) is 4.79 Å². The van der Waals surface area contributed by atoms with Crippen LogP contribution in [0.3, 0.4) is 0 Å². The molecule has 0 amide bonds. The first kappa shape index (κ1) is 17.9. The molecule has 0 spiro atoms. The third-order valence-corrected chi connectivity index (χ3v) is 5.08. The summed E-state index contributed by atoms with van der Waals surface area (Å²) in [6.07, 6.45) is 1.60. The van der Waals surface area contributed by atoms with E-state index in [0.717, 1.165) is 43.0 Å². The molecule has 3 rings (SSSR count). The lowest BCUT2D eigenvalue weighted by molar-refractivity contribution is 0.0526. The number of piperazine rings is 1. The van der Waals surface area contributed by atoms with Crippen molar-refractivity contribution in [2.45, 2.75) is 13.5 Å². The van der Waals surface area contributed by atoms with Gasteiger partial charge in [-0.1, -0.05) is 34.1 Å². The van der Waals surface area contributed by atoms with Gasteiger partial charge in [-0.05, 0) is 30.7 Å². The van der Waals surface area contributed by atoms with Crippen LogP contribution < -0.4 is 4.90 Å². The Morgan fingerprint density at radius 2 is 1.92 bits per heavy atom. The number of carbonyl (C=O) groups is 1. The van der Waals surface area contributed by atoms with E-state index in [1.165, 1.54) is 5.56 Å². The van der Waals surface area contributed by atoms with Crippen LogP contribution in [0, 0.1) is 0 Å². The van der Waals surface area contributed by atoms with Crippen LogP contribution in [0.25, 0.3) is 0 Å². The Bertz CT molecular complexity index is 713. The van der Waals surface area contributed by atoms with Crippen molar-refractivity contribution < 1.29 is 9.53 Å². The van der Waals surface area contributed by atoms with Crippen LogP contribution >= 0.6 is 15.9 Å². The van der Waals surface area contributed by atoms with Crippen molar-refractivity contribution in [3.05, 3.63) is 58.2 Å². The van der Waals surface area contributed by atoms with Crippen molar-refractivity contribution in [2.24, 2.45) is 0 Å². The van der Waals surface area contributed by atoms with Gasteiger partial charge in [0.1, 0.15) is 5.82 Å². The molecule has 1 aliphatic rings. The molecule has 1 aliphatic heterocycles. The van der Waals surface area contributed by atoms with Crippen molar-refractivity contribution in [3.63, 3.8) is 0 Å². The summed E-state index contributed by atoms with van der Waals surface area (Å²) in [6.45, 7) is 6.95. The van der Waals surface area contributed by atoms with Gasteiger partial charge < -0.3 is 9.64 Å². The summed E-state index contributed by atoms with van der Waals surface area (Å²) in [5.74, 6) is 0.591. The number of esters is 1. The Hall–Kier alpha value is -1.92. The van der Waals surface area contributed by atoms with Crippen molar-refractivity contribution in [1.82, 2.24) is 9.88 Å². The normalized spacial score (nSPS) is 15.2. The van der Waals surface area contributed by atoms with E-state index < -0.39 is 0 Å². The van der Waals surface area contributed by atoms with Gasteiger partial charge >= 0.3 is 5.97 Å². The van der Waals surface area contributed by atoms with Gasteiger partial charge in [0.25, 0.3) is 0 Å². The number of ether oxygens (including phenoxy) is 1. The van der Waals surface area contributed by atoms with Gasteiger partial charge in [-0.2, -0.15) is 0 Å². The number of aromatic nitrogens is 1. The second kappa shape index (κ2) is 8.45. The number of benzene rings is 1. The number of hydrogen-bond donors (Lipinski definition) is 0. The number of hydrogen-bond acceptors (Lipinski definition) is 5. The minimum absolute atomic E-state index is 0.320. The largest absolute Gasteiger partial charge is 0.462 e. The molecule has 0 unspecified atom stereocenters. The van der Waals surface area contributed by atoms with E-state index in [1.807, 2.05) is 12.1 Å². The average Bonchev–Trinajstić information content (AvgIpc) is 2.65. The lowest BCUT2D eigenvalue weighted by atomic mass is 10.2. The molecule has 132 valence electrons. The number of nitrogens with zero attached hydrogens (tertiary/aromatic N) is 3. The first-order chi connectivity index (χ1) is 12.2. The topological polar surface area (TPSA) is 45.7 Å². The lowest BCUT2D eigenvalue weighted by Crippen LogP contribution is -2.46. The van der Waals surface area contributed by atoms with Gasteiger partial charge in [-0.15, -0.1) is 0 Å². The summed E-state index contributed by atoms with van der Waals surface area (Å²) in [7, 11) is 0. The molecule has 0 atom stereocenters. The minimum Gasteiger partial charge on any atom is -0.462 e. The molecule has 1 aromatic heterocycles. The summed E-state index contributed by atoms with van der Waals surface area (Å²) in [6, 6.07) is 12.0. The minimum atomic E-state index is -0.320. The van der Waals surface area contributed by atoms with E-state index in [0.29, 0.717) is 12.2 Å². The van der Waals surface area contributed by atoms with Crippen molar-refractivity contribution in [3.8, 4) is 0 Å². The van der Waals surface area contributed by atoms with Crippen molar-refractivity contribution >= 4 is 27.7 Å². The maximum absolute atomic E-state index is 11.7. The first-order valence-corrected chi connectivity index (χ1v) is 9.30. The number of rotatable bonds is 5. The van der Waals surface area contributed by atoms with Gasteiger partial charge in [0, 0.05) is 43.4 Å². The van der Waals surface area contributed by atoms with Crippen LogP contribution in [-0.2, 0) is 11.3 Å². The zero-order valence-corrected chi connectivity index (χ0v) is 15.9. The average molecular weight is 404 g/mol. The molecular formula is C19H22BrN3O2. The third-order valence-electron chi connectivity index (χ3n) is 4.31. The van der Waals surface area contributed by atoms with Gasteiger partial charge in [-0.25, -0.2) is 9.78 Å². The molecule has 6 heteroatoms. The fraction of sp³-hybridized carbons (Fsp3) is 0.368. The maximum atomic E-state index is 11.7. The predicted molar refractivity (Wildman–Crippen MR) is 102 cm³/mol. The second-order valence-corrected chi connectivity index (χ2v) is 6.83. The second-order valence-electron chi connectivity index (χ2n) is 5.98. The number of pyridine rings is 1. The van der Waals surface area contributed by atoms with Gasteiger partial charge in [0.2, 0.25) is 0 Å². The van der Waals surface area contributed by atoms with Crippen molar-refractivity contribution in [1.29, 1.82) is 0 Å². The molecular weight excluding hydrogens is 382 g/mol. The fourth-order valence-electron chi connectivity index (χ4n) is 2.91. The van der Waals surface area contributed by atoms with E-state index in [4.69, 9.17) is 4.74 Å². The number of carbonyl (C=O) groups excluding carboxylic acids is 1. The molecule has 25 heavy (non-hydrogen) atoms. The van der Waals surface area contributed by atoms with Gasteiger partial charge in [0.05, 0.1) is 12.2 Å². The summed E-state index contributed by atoms with van der Waals surface area (Å²) >= 11 is 3.62. The zero-order valence-electron chi connectivity index (χ0n) is 14.3. The molecule has 2 heterocycles. The molecule has 0 bridgehead atoms. The Balaban J connectivity index is 1.55. The standard InChI is InChI=1S/C19H22BrN3O2/c1-2-25-19(24)15-7-8-18(21-13-15)23-11-9-22(10-12-23)14-16-5-3-4-6-17(16)20/h3-8,13H,2,9-12,14H2,1H3. The van der Waals surface area contributed by atoms with Gasteiger partial charge in [0.15, 0.2) is 0 Å². The Labute approximate surface area is 156 Å². The zero-order chi connectivity index (χ0) is 17.6. The highest BCUT2D eigenvalue weighted by atomic mass is 79.9. The monoisotopic (exact) mass is 403 g/mol. The highest BCUT2D eigenvalue weighted by Gasteiger charge is 2.19. The molecule has 1 saturated heterocycles. The van der Waals surface area contributed by atoms with Crippen LogP contribution in [0.2, 0.25) is 0 Å². The molecule has 1 fully saturated rings. The SMILES string of the molecule is CCOC(=O)c1ccc(N2CCN(Cc3ccccc3Br)CC2)nc1. The fourth-order valence-corrected chi connectivity index (χ4v) is 3.32. The molecule has 2 aromatic rings. The predicted octanol–water partition coefficient (Wildman–Crippen LogP) is 3.34. The summed E-state index contributed by atoms with van der Waals surface area (Å²) < 4.78 is 6.15. The first-order valence-electron chi connectivity index (χ1n) is 8.51. The van der Waals surface area contributed by atoms with Crippen molar-refractivity contribution in [2.75, 3.05) is 37.7 Å². The molecule has 0 radical (unpaired) electrons. The van der Waals surface area contributed by atoms with E-state index >= 15 is 0 Å². The molecule has 0 aliphatic carbocycles. The lowest BCUT2D eigenvalue weighted by Gasteiger charge is -2.35. The highest BCUT2D eigenvalue weighted by molar-refractivity contribution is 9.10. The van der Waals surface area contributed by atoms with Crippen LogP contribution in [0.1, 0.15) is 22.8 Å². The summed E-state index contributed by atoms with van der Waals surface area (Å²) in [5, 5.41) is 0. The summed E-state index contributed by atoms with van der Waals surface area (Å²) in [4.78, 5) is 20.8. The Kier molecular flexibility index (Phi) is 6.04. The molecule has 1 aromatic carbocycles. The van der Waals surface area contributed by atoms with E-state index in [-0.39, 0.29) is 5.97 Å². The third kappa shape index (κ3) is 4.58. The Morgan fingerprint density at radius 1 is 1.16 bits per heavy atom.